The lowest BCUT2D eigenvalue weighted by atomic mass is 10.2. The normalized spacial score (nSPS) is 12.8. The van der Waals surface area contributed by atoms with Crippen LogP contribution in [0.15, 0.2) is 5.10 Å². The second kappa shape index (κ2) is 8.81. The fourth-order valence-electron chi connectivity index (χ4n) is 2.99. The Morgan fingerprint density at radius 2 is 1.32 bits per heavy atom. The molecule has 0 saturated carbocycles. The standard InChI is InChI=1S/C17H22N8O6/c1-9(26)21-8-7-15(20-21)16-18-19-17(25(16)23(12(4)29)13(5)30)24(14(6)31)22(10(2)27)11(3)28/h7-8H2,1-6H3. The Morgan fingerprint density at radius 1 is 0.774 bits per heavy atom. The molecule has 0 radical (unpaired) electrons. The van der Waals surface area contributed by atoms with Crippen LogP contribution in [-0.2, 0) is 28.8 Å². The van der Waals surface area contributed by atoms with Crippen LogP contribution in [0.2, 0.25) is 0 Å². The van der Waals surface area contributed by atoms with Gasteiger partial charge in [-0.25, -0.2) is 5.01 Å². The van der Waals surface area contributed by atoms with Crippen molar-refractivity contribution in [3.8, 4) is 0 Å². The Hall–Kier alpha value is -3.97. The molecular formula is C17H22N8O6. The van der Waals surface area contributed by atoms with Gasteiger partial charge < -0.3 is 0 Å². The van der Waals surface area contributed by atoms with E-state index in [1.165, 1.54) is 11.9 Å². The minimum atomic E-state index is -0.809. The number of hydrazine groups is 1. The van der Waals surface area contributed by atoms with Crippen LogP contribution in [0.5, 0.6) is 0 Å². The van der Waals surface area contributed by atoms with Gasteiger partial charge in [0.05, 0.1) is 6.54 Å². The summed E-state index contributed by atoms with van der Waals surface area (Å²) in [5.41, 5.74) is 0.210. The SMILES string of the molecule is CC(=O)N1CCC(c2nnc(N(C(C)=O)N(C(C)=O)C(C)=O)n2N(C(C)=O)C(C)=O)=N1. The fourth-order valence-corrected chi connectivity index (χ4v) is 2.99. The summed E-state index contributed by atoms with van der Waals surface area (Å²) < 4.78 is 0.896. The number of anilines is 1. The summed E-state index contributed by atoms with van der Waals surface area (Å²) in [4.78, 5) is 72.7. The van der Waals surface area contributed by atoms with Gasteiger partial charge in [0.1, 0.15) is 5.71 Å². The van der Waals surface area contributed by atoms with Crippen molar-refractivity contribution in [3.05, 3.63) is 5.82 Å². The molecule has 0 saturated heterocycles. The van der Waals surface area contributed by atoms with Gasteiger partial charge in [-0.05, 0) is 0 Å². The van der Waals surface area contributed by atoms with E-state index in [4.69, 9.17) is 0 Å². The molecule has 0 N–H and O–H groups in total. The molecule has 0 spiro atoms. The van der Waals surface area contributed by atoms with Crippen molar-refractivity contribution < 1.29 is 28.8 Å². The van der Waals surface area contributed by atoms with Gasteiger partial charge in [0.15, 0.2) is 0 Å². The van der Waals surface area contributed by atoms with E-state index in [1.54, 1.807) is 0 Å². The second-order valence-corrected chi connectivity index (χ2v) is 6.60. The minimum absolute atomic E-state index is 0.109. The van der Waals surface area contributed by atoms with Crippen molar-refractivity contribution in [1.82, 2.24) is 24.9 Å². The number of hydrogen-bond donors (Lipinski definition) is 0. The molecule has 14 nitrogen and oxygen atoms in total. The van der Waals surface area contributed by atoms with Crippen LogP contribution in [0.4, 0.5) is 5.95 Å². The molecule has 1 aliphatic rings. The molecule has 14 heteroatoms. The summed E-state index contributed by atoms with van der Waals surface area (Å²) in [6, 6.07) is 0. The van der Waals surface area contributed by atoms with E-state index >= 15 is 0 Å². The van der Waals surface area contributed by atoms with Gasteiger partial charge in [0.2, 0.25) is 41.3 Å². The molecule has 166 valence electrons. The van der Waals surface area contributed by atoms with Crippen molar-refractivity contribution in [3.63, 3.8) is 0 Å². The summed E-state index contributed by atoms with van der Waals surface area (Å²) in [6.45, 7) is 6.91. The van der Waals surface area contributed by atoms with Crippen molar-refractivity contribution >= 4 is 47.1 Å². The molecule has 0 unspecified atom stereocenters. The number of carbonyl (C=O) groups is 6. The number of amides is 6. The number of aromatic nitrogens is 3. The number of hydrazone groups is 1. The average Bonchev–Trinajstić information content (AvgIpc) is 3.25. The van der Waals surface area contributed by atoms with E-state index < -0.39 is 35.5 Å². The molecule has 0 fully saturated rings. The molecule has 6 amide bonds. The quantitative estimate of drug-likeness (QED) is 0.544. The zero-order valence-electron chi connectivity index (χ0n) is 17.9. The largest absolute Gasteiger partial charge is 0.274 e. The highest BCUT2D eigenvalue weighted by Crippen LogP contribution is 2.22. The topological polar surface area (TPSA) is 158 Å². The third-order valence-corrected chi connectivity index (χ3v) is 4.13. The van der Waals surface area contributed by atoms with Gasteiger partial charge in [-0.1, -0.05) is 0 Å². The fraction of sp³-hybridized carbons (Fsp3) is 0.471. The summed E-state index contributed by atoms with van der Waals surface area (Å²) in [6.07, 6.45) is 0.227. The predicted molar refractivity (Wildman–Crippen MR) is 105 cm³/mol. The van der Waals surface area contributed by atoms with E-state index in [0.29, 0.717) is 15.0 Å². The van der Waals surface area contributed by atoms with Gasteiger partial charge in [0.25, 0.3) is 5.95 Å². The number of nitrogens with zero attached hydrogens (tertiary/aromatic N) is 8. The van der Waals surface area contributed by atoms with E-state index in [0.717, 1.165) is 39.3 Å². The van der Waals surface area contributed by atoms with E-state index in [1.807, 2.05) is 0 Å². The lowest BCUT2D eigenvalue weighted by Gasteiger charge is -2.31. The van der Waals surface area contributed by atoms with E-state index in [-0.39, 0.29) is 30.4 Å². The Balaban J connectivity index is 2.82. The summed E-state index contributed by atoms with van der Waals surface area (Å²) in [5.74, 6) is -4.83. The van der Waals surface area contributed by atoms with Crippen molar-refractivity contribution in [2.24, 2.45) is 5.10 Å². The van der Waals surface area contributed by atoms with Crippen LogP contribution in [0.1, 0.15) is 53.8 Å². The third-order valence-electron chi connectivity index (χ3n) is 4.13. The smallest absolute Gasteiger partial charge is 0.273 e. The molecule has 0 aromatic carbocycles. The first kappa shape index (κ1) is 23.3. The van der Waals surface area contributed by atoms with Crippen LogP contribution in [-0.4, -0.2) is 72.6 Å². The molecule has 1 aliphatic heterocycles. The molecule has 0 bridgehead atoms. The molecule has 31 heavy (non-hydrogen) atoms. The first-order valence-electron chi connectivity index (χ1n) is 9.13. The van der Waals surface area contributed by atoms with Crippen LogP contribution in [0.25, 0.3) is 0 Å². The number of imide groups is 2. The zero-order valence-corrected chi connectivity index (χ0v) is 17.9. The monoisotopic (exact) mass is 434 g/mol. The predicted octanol–water partition coefficient (Wildman–Crippen LogP) is -1.07. The highest BCUT2D eigenvalue weighted by Gasteiger charge is 2.37. The van der Waals surface area contributed by atoms with Crippen molar-refractivity contribution in [2.75, 3.05) is 16.6 Å². The molecule has 1 aromatic heterocycles. The Kier molecular flexibility index (Phi) is 6.62. The van der Waals surface area contributed by atoms with E-state index in [9.17, 15) is 28.8 Å². The van der Waals surface area contributed by atoms with Crippen molar-refractivity contribution in [2.45, 2.75) is 48.0 Å². The lowest BCUT2D eigenvalue weighted by Crippen LogP contribution is -2.54. The van der Waals surface area contributed by atoms with E-state index in [2.05, 4.69) is 15.3 Å². The highest BCUT2D eigenvalue weighted by molar-refractivity contribution is 6.09. The first-order chi connectivity index (χ1) is 14.4. The molecular weight excluding hydrogens is 412 g/mol. The number of hydrogen-bond acceptors (Lipinski definition) is 9. The molecule has 2 heterocycles. The molecule has 0 atom stereocenters. The highest BCUT2D eigenvalue weighted by atomic mass is 16.2. The van der Waals surface area contributed by atoms with Gasteiger partial charge in [-0.3, -0.25) is 28.8 Å². The summed E-state index contributed by atoms with van der Waals surface area (Å²) in [5, 5.41) is 14.8. The second-order valence-electron chi connectivity index (χ2n) is 6.60. The zero-order chi connectivity index (χ0) is 23.6. The summed E-state index contributed by atoms with van der Waals surface area (Å²) in [7, 11) is 0. The Morgan fingerprint density at radius 3 is 1.71 bits per heavy atom. The minimum Gasteiger partial charge on any atom is -0.273 e. The third kappa shape index (κ3) is 4.46. The van der Waals surface area contributed by atoms with Crippen LogP contribution in [0, 0.1) is 0 Å². The van der Waals surface area contributed by atoms with Crippen LogP contribution >= 0.6 is 0 Å². The van der Waals surface area contributed by atoms with Crippen molar-refractivity contribution in [1.29, 1.82) is 0 Å². The maximum absolute atomic E-state index is 12.4. The lowest BCUT2D eigenvalue weighted by molar-refractivity contribution is -0.146. The van der Waals surface area contributed by atoms with Crippen LogP contribution in [0.3, 0.4) is 0 Å². The maximum Gasteiger partial charge on any atom is 0.274 e. The summed E-state index contributed by atoms with van der Waals surface area (Å²) >= 11 is 0. The molecule has 0 aliphatic carbocycles. The first-order valence-corrected chi connectivity index (χ1v) is 9.13. The maximum atomic E-state index is 12.4. The molecule has 2 rings (SSSR count). The average molecular weight is 434 g/mol. The number of carbonyl (C=O) groups excluding carboxylic acids is 6. The van der Waals surface area contributed by atoms with Crippen LogP contribution < -0.4 is 10.0 Å². The van der Waals surface area contributed by atoms with Gasteiger partial charge >= 0.3 is 0 Å². The Labute approximate surface area is 177 Å². The van der Waals surface area contributed by atoms with Gasteiger partial charge in [-0.2, -0.15) is 24.8 Å². The van der Waals surface area contributed by atoms with Gasteiger partial charge in [-0.15, -0.1) is 10.2 Å². The van der Waals surface area contributed by atoms with Gasteiger partial charge in [0, 0.05) is 48.0 Å². The molecule has 1 aromatic rings. The number of rotatable bonds is 3. The Bertz CT molecular complexity index is 984.